The van der Waals surface area contributed by atoms with Gasteiger partial charge in [-0.2, -0.15) is 0 Å². The van der Waals surface area contributed by atoms with Crippen LogP contribution in [-0.2, 0) is 19.2 Å². The summed E-state index contributed by atoms with van der Waals surface area (Å²) in [6.45, 7) is 29.1. The number of likely N-dealkylation sites (tertiary alicyclic amines) is 1. The van der Waals surface area contributed by atoms with Crippen LogP contribution in [-0.4, -0.2) is 136 Å². The zero-order valence-corrected chi connectivity index (χ0v) is 48.5. The first-order valence-corrected chi connectivity index (χ1v) is 29.4. The minimum Gasteiger partial charge on any atom is -0.396 e. The van der Waals surface area contributed by atoms with Crippen molar-refractivity contribution in [2.75, 3.05) is 47.5 Å². The predicted molar refractivity (Wildman–Crippen MR) is 291 cm³/mol. The average Bonchev–Trinajstić information content (AvgIpc) is 3.98. The van der Waals surface area contributed by atoms with Gasteiger partial charge in [-0.05, 0) is 179 Å². The van der Waals surface area contributed by atoms with Crippen LogP contribution in [0.2, 0.25) is 0 Å². The molecule has 1 saturated heterocycles. The molecule has 0 spiro atoms. The number of nitrogens with one attached hydrogen (secondary N) is 1. The van der Waals surface area contributed by atoms with Crippen LogP contribution in [0.3, 0.4) is 0 Å². The van der Waals surface area contributed by atoms with E-state index in [0.29, 0.717) is 61.8 Å². The van der Waals surface area contributed by atoms with Gasteiger partial charge in [0.2, 0.25) is 17.7 Å². The maximum Gasteiger partial charge on any atom is 0.245 e. The number of amides is 3. The van der Waals surface area contributed by atoms with E-state index in [-0.39, 0.29) is 101 Å². The molecule has 5 saturated carbocycles. The SMILES string of the molecule is C=C(CCCC(=O)[C@H](C)[C@@H](CO)C1CCCN1C(=O)C[C@@H](CO)[C@H](CC)N(C)C(=O)[C@@H](NC(=O)[C@H](C(C)C)N(C)C)C(C)C)[C@@H]1CC[C@]2(CO)CC[C@]3(C)C(CCC4[C@@]5(C)CC[C@H](O)C(C)(C)[C@@H]5CC[C@]43C)[C@@H]12. The highest BCUT2D eigenvalue weighted by Gasteiger charge is 2.71. The highest BCUT2D eigenvalue weighted by molar-refractivity contribution is 5.90. The molecule has 12 nitrogen and oxygen atoms in total. The number of hydrogen-bond donors (Lipinski definition) is 5. The molecule has 17 atom stereocenters. The number of aliphatic hydroxyl groups is 4. The van der Waals surface area contributed by atoms with Gasteiger partial charge in [-0.1, -0.05) is 88.3 Å². The zero-order valence-electron chi connectivity index (χ0n) is 48.5. The Hall–Kier alpha value is -2.38. The van der Waals surface area contributed by atoms with Gasteiger partial charge in [0.1, 0.15) is 11.8 Å². The topological polar surface area (TPSA) is 171 Å². The number of Topliss-reactive ketones (excluding diaryl/α,β-unsaturated/α-hetero) is 1. The van der Waals surface area contributed by atoms with Gasteiger partial charge in [-0.15, -0.1) is 0 Å². The third-order valence-electron chi connectivity index (χ3n) is 23.0. The van der Waals surface area contributed by atoms with Gasteiger partial charge >= 0.3 is 0 Å². The first-order valence-electron chi connectivity index (χ1n) is 29.4. The third-order valence-corrected chi connectivity index (χ3v) is 23.0. The first kappa shape index (κ1) is 59.9. The van der Waals surface area contributed by atoms with Crippen molar-refractivity contribution in [3.8, 4) is 0 Å². The molecule has 1 heterocycles. The summed E-state index contributed by atoms with van der Waals surface area (Å²) in [6.07, 6.45) is 14.6. The van der Waals surface area contributed by atoms with Crippen molar-refractivity contribution in [1.29, 1.82) is 0 Å². The molecule has 0 aromatic rings. The minimum absolute atomic E-state index is 0.0171. The monoisotopic (exact) mass is 1020 g/mol. The average molecular weight is 1020 g/mol. The molecule has 1 aliphatic heterocycles. The van der Waals surface area contributed by atoms with Gasteiger partial charge in [-0.25, -0.2) is 0 Å². The van der Waals surface area contributed by atoms with E-state index in [2.05, 4.69) is 39.9 Å². The van der Waals surface area contributed by atoms with E-state index in [0.717, 1.165) is 51.4 Å². The molecule has 73 heavy (non-hydrogen) atoms. The highest BCUT2D eigenvalue weighted by atomic mass is 16.3. The molecule has 0 bridgehead atoms. The van der Waals surface area contributed by atoms with Crippen LogP contribution in [0.1, 0.15) is 185 Å². The Morgan fingerprint density at radius 1 is 0.781 bits per heavy atom. The van der Waals surface area contributed by atoms with Crippen molar-refractivity contribution in [3.63, 3.8) is 0 Å². The summed E-state index contributed by atoms with van der Waals surface area (Å²) in [5.74, 6) is 0.241. The van der Waals surface area contributed by atoms with Crippen LogP contribution in [0.5, 0.6) is 0 Å². The quantitative estimate of drug-likeness (QED) is 0.0665. The molecule has 418 valence electrons. The number of hydrogen-bond acceptors (Lipinski definition) is 9. The minimum atomic E-state index is -0.778. The number of carbonyl (C=O) groups is 4. The van der Waals surface area contributed by atoms with E-state index in [1.165, 1.54) is 31.3 Å². The van der Waals surface area contributed by atoms with Crippen LogP contribution >= 0.6 is 0 Å². The number of carbonyl (C=O) groups excluding carboxylic acids is 4. The lowest BCUT2D eigenvalue weighted by molar-refractivity contribution is -0.249. The largest absolute Gasteiger partial charge is 0.396 e. The highest BCUT2D eigenvalue weighted by Crippen LogP contribution is 2.77. The van der Waals surface area contributed by atoms with Gasteiger partial charge in [0.15, 0.2) is 0 Å². The lowest BCUT2D eigenvalue weighted by Gasteiger charge is -2.73. The number of fused-ring (bicyclic) bond motifs is 7. The molecule has 5 aliphatic carbocycles. The fourth-order valence-electron chi connectivity index (χ4n) is 18.6. The van der Waals surface area contributed by atoms with Crippen molar-refractivity contribution in [3.05, 3.63) is 12.2 Å². The maximum atomic E-state index is 14.3. The van der Waals surface area contributed by atoms with Crippen molar-refractivity contribution >= 4 is 23.5 Å². The molecule has 3 unspecified atom stereocenters. The summed E-state index contributed by atoms with van der Waals surface area (Å²) < 4.78 is 0. The summed E-state index contributed by atoms with van der Waals surface area (Å²) in [5, 5.41) is 47.2. The van der Waals surface area contributed by atoms with Crippen LogP contribution in [0, 0.1) is 86.3 Å². The molecule has 0 aromatic heterocycles. The molecule has 6 aliphatic rings. The molecule has 5 N–H and O–H groups in total. The molecule has 0 radical (unpaired) electrons. The number of allylic oxidation sites excluding steroid dienone is 1. The molecule has 6 fully saturated rings. The van der Waals surface area contributed by atoms with Gasteiger partial charge in [0.25, 0.3) is 0 Å². The van der Waals surface area contributed by atoms with E-state index < -0.39 is 35.9 Å². The summed E-state index contributed by atoms with van der Waals surface area (Å²) in [5.41, 5.74) is 1.63. The van der Waals surface area contributed by atoms with Crippen LogP contribution < -0.4 is 5.32 Å². The van der Waals surface area contributed by atoms with E-state index in [1.807, 2.05) is 65.4 Å². The second-order valence-corrected chi connectivity index (χ2v) is 27.6. The second-order valence-electron chi connectivity index (χ2n) is 27.6. The first-order chi connectivity index (χ1) is 34.2. The maximum absolute atomic E-state index is 14.3. The van der Waals surface area contributed by atoms with Crippen molar-refractivity contribution in [2.45, 2.75) is 216 Å². The van der Waals surface area contributed by atoms with E-state index >= 15 is 0 Å². The van der Waals surface area contributed by atoms with Crippen molar-refractivity contribution in [2.24, 2.45) is 86.3 Å². The Labute approximate surface area is 443 Å². The number of rotatable bonds is 22. The van der Waals surface area contributed by atoms with Crippen molar-refractivity contribution < 1.29 is 39.6 Å². The number of aliphatic hydroxyl groups excluding tert-OH is 4. The normalized spacial score (nSPS) is 36.3. The lowest BCUT2D eigenvalue weighted by atomic mass is 9.32. The number of nitrogens with zero attached hydrogens (tertiary/aromatic N) is 3. The summed E-state index contributed by atoms with van der Waals surface area (Å²) in [4.78, 5) is 61.4. The van der Waals surface area contributed by atoms with Gasteiger partial charge in [-0.3, -0.25) is 24.1 Å². The fraction of sp³-hybridized carbons (Fsp3) is 0.902. The van der Waals surface area contributed by atoms with Crippen LogP contribution in [0.15, 0.2) is 12.2 Å². The summed E-state index contributed by atoms with van der Waals surface area (Å²) in [7, 11) is 5.40. The van der Waals surface area contributed by atoms with E-state index in [4.69, 9.17) is 6.58 Å². The van der Waals surface area contributed by atoms with Gasteiger partial charge < -0.3 is 35.5 Å². The second kappa shape index (κ2) is 23.3. The zero-order chi connectivity index (χ0) is 54.3. The predicted octanol–water partition coefficient (Wildman–Crippen LogP) is 8.91. The molecule has 0 aromatic carbocycles. The Balaban J connectivity index is 1.07. The Bertz CT molecular complexity index is 1950. The molecule has 6 rings (SSSR count). The Morgan fingerprint density at radius 3 is 2.05 bits per heavy atom. The molecule has 12 heteroatoms. The summed E-state index contributed by atoms with van der Waals surface area (Å²) in [6, 6.07) is -1.96. The lowest BCUT2D eigenvalue weighted by Crippen LogP contribution is -2.66. The van der Waals surface area contributed by atoms with Gasteiger partial charge in [0, 0.05) is 76.1 Å². The molecule has 3 amide bonds. The van der Waals surface area contributed by atoms with Gasteiger partial charge in [0.05, 0.1) is 12.1 Å². The Morgan fingerprint density at radius 2 is 1.47 bits per heavy atom. The van der Waals surface area contributed by atoms with E-state index in [9.17, 15) is 39.6 Å². The third kappa shape index (κ3) is 10.8. The standard InChI is InChI=1S/C61H106N4O8/c1-16-45(64(15)56(73)53(37(2)3)62-55(72)54(38(4)5)63(13)14)41(34-66)33-51(71)65-32-18-20-46(65)43(35-67)40(7)47(69)21-17-19-39(6)42-24-29-61(36-68)31-30-59(11)44(52(42)61)22-23-49-58(10)27-26-50(70)57(8,9)48(58)25-28-60(49,59)12/h37-38,40-46,48-50,52-54,66-68,70H,6,16-36H2,1-5,7-15H3,(H,62,72)/t40-,41+,42+,43-,44?,45+,46?,48+,49?,50+,52-,53+,54+,58+,59-,60-,61-/m1/s1. The smallest absolute Gasteiger partial charge is 0.245 e. The van der Waals surface area contributed by atoms with Crippen molar-refractivity contribution in [1.82, 2.24) is 20.0 Å². The Kier molecular flexibility index (Phi) is 19.1. The number of ketones is 1. The number of likely N-dealkylation sites (N-methyl/N-ethyl adjacent to an activating group) is 2. The molecular formula is C61H106N4O8. The van der Waals surface area contributed by atoms with E-state index in [1.54, 1.807) is 11.9 Å². The summed E-state index contributed by atoms with van der Waals surface area (Å²) >= 11 is 0. The van der Waals surface area contributed by atoms with Crippen LogP contribution in [0.25, 0.3) is 0 Å². The fourth-order valence-corrected chi connectivity index (χ4v) is 18.6. The molecular weight excluding hydrogens is 917 g/mol. The van der Waals surface area contributed by atoms with Crippen LogP contribution in [0.4, 0.5) is 0 Å².